The van der Waals surface area contributed by atoms with Gasteiger partial charge in [-0.05, 0) is 42.7 Å². The molecule has 33 heavy (non-hydrogen) atoms. The Balaban J connectivity index is 1.61. The van der Waals surface area contributed by atoms with Gasteiger partial charge in [0.15, 0.2) is 5.78 Å². The van der Waals surface area contributed by atoms with Gasteiger partial charge >= 0.3 is 0 Å². The van der Waals surface area contributed by atoms with Crippen molar-refractivity contribution >= 4 is 33.5 Å². The van der Waals surface area contributed by atoms with Crippen LogP contribution in [0.25, 0.3) is 11.0 Å². The Morgan fingerprint density at radius 2 is 1.91 bits per heavy atom. The molecule has 2 heterocycles. The minimum Gasteiger partial charge on any atom is -0.378 e. The summed E-state index contributed by atoms with van der Waals surface area (Å²) in [5, 5.41) is 0. The molecule has 11 heteroatoms. The molecule has 0 amide bonds. The number of hydrogen-bond donors (Lipinski definition) is 2. The lowest BCUT2D eigenvalue weighted by atomic mass is 9.97. The molecule has 174 valence electrons. The summed E-state index contributed by atoms with van der Waals surface area (Å²) < 4.78 is 58.2. The number of benzene rings is 2. The Morgan fingerprint density at radius 1 is 1.12 bits per heavy atom. The maximum Gasteiger partial charge on any atom is 0.201 e. The maximum absolute atomic E-state index is 15.0. The average molecular weight is 477 g/mol. The van der Waals surface area contributed by atoms with E-state index in [2.05, 4.69) is 14.7 Å². The molecule has 1 saturated heterocycles. The summed E-state index contributed by atoms with van der Waals surface area (Å²) >= 11 is 0. The summed E-state index contributed by atoms with van der Waals surface area (Å²) in [6.45, 7) is 2.62. The Labute approximate surface area is 190 Å². The zero-order valence-electron chi connectivity index (χ0n) is 17.6. The van der Waals surface area contributed by atoms with Gasteiger partial charge in [-0.3, -0.25) is 9.78 Å². The molecule has 0 bridgehead atoms. The van der Waals surface area contributed by atoms with Crippen molar-refractivity contribution in [3.05, 3.63) is 64.9 Å². The van der Waals surface area contributed by atoms with Gasteiger partial charge in [0.25, 0.3) is 0 Å². The van der Waals surface area contributed by atoms with Gasteiger partial charge in [-0.1, -0.05) is 6.07 Å². The number of ketones is 1. The zero-order chi connectivity index (χ0) is 23.4. The van der Waals surface area contributed by atoms with Crippen LogP contribution < -0.4 is 9.62 Å². The van der Waals surface area contributed by atoms with Crippen LogP contribution in [0.4, 0.5) is 14.6 Å². The third-order valence-corrected chi connectivity index (χ3v) is 5.87. The Kier molecular flexibility index (Phi) is 7.21. The summed E-state index contributed by atoms with van der Waals surface area (Å²) in [7, 11) is -2.74. The Hall–Kier alpha value is -3.02. The third-order valence-electron chi connectivity index (χ3n) is 5.39. The SMILES string of the molecule is O=C(c1ccc2ncc(N3CCOCC3)nc2c1)c1c(F)ccc(CCCN[SH](=O)=O)c1F. The largest absolute Gasteiger partial charge is 0.378 e. The van der Waals surface area contributed by atoms with E-state index in [0.29, 0.717) is 49.6 Å². The van der Waals surface area contributed by atoms with Gasteiger partial charge in [0, 0.05) is 25.2 Å². The number of nitrogens with one attached hydrogen (secondary N) is 1. The molecule has 0 unspecified atom stereocenters. The number of carbonyl (C=O) groups excluding carboxylic acids is 1. The standard InChI is InChI=1S/C22H22F2N4O4S/c23-16-5-3-14(2-1-7-26-33(30)31)21(24)20(16)22(29)15-4-6-17-18(12-15)27-19(13-25-17)28-8-10-32-11-9-28/h3-6,12-13,33H,1-2,7-11H2,(H,26,30,31). The Morgan fingerprint density at radius 3 is 2.67 bits per heavy atom. The molecule has 1 fully saturated rings. The molecule has 1 aromatic heterocycles. The molecule has 0 aliphatic carbocycles. The van der Waals surface area contributed by atoms with E-state index in [9.17, 15) is 17.6 Å². The lowest BCUT2D eigenvalue weighted by Crippen LogP contribution is -2.36. The fourth-order valence-electron chi connectivity index (χ4n) is 3.68. The number of anilines is 1. The van der Waals surface area contributed by atoms with Gasteiger partial charge in [-0.25, -0.2) is 26.9 Å². The smallest absolute Gasteiger partial charge is 0.201 e. The van der Waals surface area contributed by atoms with E-state index in [1.54, 1.807) is 12.3 Å². The number of aromatic nitrogens is 2. The van der Waals surface area contributed by atoms with Crippen molar-refractivity contribution < 1.29 is 26.7 Å². The van der Waals surface area contributed by atoms with E-state index < -0.39 is 33.9 Å². The normalized spacial score (nSPS) is 14.2. The molecule has 2 aromatic carbocycles. The first-order chi connectivity index (χ1) is 15.9. The molecule has 1 aliphatic rings. The van der Waals surface area contributed by atoms with Crippen molar-refractivity contribution in [2.24, 2.45) is 0 Å². The van der Waals surface area contributed by atoms with Gasteiger partial charge in [-0.15, -0.1) is 0 Å². The minimum atomic E-state index is -2.74. The lowest BCUT2D eigenvalue weighted by Gasteiger charge is -2.27. The molecule has 3 aromatic rings. The zero-order valence-corrected chi connectivity index (χ0v) is 18.5. The summed E-state index contributed by atoms with van der Waals surface area (Å²) in [5.74, 6) is -2.06. The number of hydrogen-bond acceptors (Lipinski definition) is 7. The topological polar surface area (TPSA) is 101 Å². The molecule has 0 spiro atoms. The van der Waals surface area contributed by atoms with Crippen LogP contribution in [0.3, 0.4) is 0 Å². The predicted molar refractivity (Wildman–Crippen MR) is 119 cm³/mol. The number of aryl methyl sites for hydroxylation is 1. The maximum atomic E-state index is 15.0. The van der Waals surface area contributed by atoms with Gasteiger partial charge in [0.05, 0.1) is 36.0 Å². The molecule has 4 rings (SSSR count). The van der Waals surface area contributed by atoms with E-state index in [1.165, 1.54) is 18.2 Å². The second-order valence-corrected chi connectivity index (χ2v) is 8.35. The first-order valence-corrected chi connectivity index (χ1v) is 11.6. The van der Waals surface area contributed by atoms with Crippen LogP contribution in [-0.2, 0) is 22.0 Å². The predicted octanol–water partition coefficient (Wildman–Crippen LogP) is 2.02. The number of fused-ring (bicyclic) bond motifs is 1. The van der Waals surface area contributed by atoms with Crippen molar-refractivity contribution in [2.75, 3.05) is 37.7 Å². The van der Waals surface area contributed by atoms with E-state index in [-0.39, 0.29) is 24.1 Å². The van der Waals surface area contributed by atoms with Crippen molar-refractivity contribution in [2.45, 2.75) is 12.8 Å². The summed E-state index contributed by atoms with van der Waals surface area (Å²) in [4.78, 5) is 24.0. The highest BCUT2D eigenvalue weighted by atomic mass is 32.2. The van der Waals surface area contributed by atoms with E-state index in [0.717, 1.165) is 6.07 Å². The van der Waals surface area contributed by atoms with E-state index >= 15 is 4.39 Å². The number of halogens is 2. The lowest BCUT2D eigenvalue weighted by molar-refractivity contribution is 0.103. The number of nitrogens with zero attached hydrogens (tertiary/aromatic N) is 3. The molecule has 1 N–H and O–H groups in total. The van der Waals surface area contributed by atoms with Gasteiger partial charge in [-0.2, -0.15) is 0 Å². The van der Waals surface area contributed by atoms with Crippen LogP contribution in [0.1, 0.15) is 27.9 Å². The summed E-state index contributed by atoms with van der Waals surface area (Å²) in [6, 6.07) is 6.85. The van der Waals surface area contributed by atoms with Crippen LogP contribution in [0, 0.1) is 11.6 Å². The first kappa shape index (κ1) is 23.1. The highest BCUT2D eigenvalue weighted by molar-refractivity contribution is 7.70. The first-order valence-electron chi connectivity index (χ1n) is 10.4. The summed E-state index contributed by atoms with van der Waals surface area (Å²) in [5.41, 5.74) is 0.586. The van der Waals surface area contributed by atoms with Crippen molar-refractivity contribution in [1.82, 2.24) is 14.7 Å². The van der Waals surface area contributed by atoms with E-state index in [1.807, 2.05) is 4.90 Å². The van der Waals surface area contributed by atoms with Crippen LogP contribution in [0.5, 0.6) is 0 Å². The van der Waals surface area contributed by atoms with E-state index in [4.69, 9.17) is 4.74 Å². The Bertz CT molecular complexity index is 1250. The van der Waals surface area contributed by atoms with Crippen molar-refractivity contribution in [3.8, 4) is 0 Å². The second-order valence-electron chi connectivity index (χ2n) is 7.52. The minimum absolute atomic E-state index is 0.0934. The average Bonchev–Trinajstić information content (AvgIpc) is 2.82. The van der Waals surface area contributed by atoms with Crippen molar-refractivity contribution in [3.63, 3.8) is 0 Å². The number of rotatable bonds is 8. The molecular formula is C22H22F2N4O4S. The van der Waals surface area contributed by atoms with Gasteiger partial charge in [0.1, 0.15) is 17.5 Å². The molecule has 0 atom stereocenters. The highest BCUT2D eigenvalue weighted by Crippen LogP contribution is 2.24. The molecule has 8 nitrogen and oxygen atoms in total. The van der Waals surface area contributed by atoms with Crippen molar-refractivity contribution in [1.29, 1.82) is 0 Å². The number of thiol groups is 1. The monoisotopic (exact) mass is 476 g/mol. The van der Waals surface area contributed by atoms with Gasteiger partial charge in [0.2, 0.25) is 10.9 Å². The third kappa shape index (κ3) is 5.32. The molecule has 1 aliphatic heterocycles. The quantitative estimate of drug-likeness (QED) is 0.291. The summed E-state index contributed by atoms with van der Waals surface area (Å²) in [6.07, 6.45) is 2.10. The molecule has 0 radical (unpaired) electrons. The number of morpholine rings is 1. The molecular weight excluding hydrogens is 454 g/mol. The molecule has 0 saturated carbocycles. The fourth-order valence-corrected chi connectivity index (χ4v) is 4.02. The second kappa shape index (κ2) is 10.3. The van der Waals surface area contributed by atoms with Crippen LogP contribution >= 0.6 is 0 Å². The van der Waals surface area contributed by atoms with Gasteiger partial charge < -0.3 is 9.64 Å². The van der Waals surface area contributed by atoms with Crippen LogP contribution in [0.15, 0.2) is 36.5 Å². The van der Waals surface area contributed by atoms with Crippen LogP contribution in [0.2, 0.25) is 0 Å². The fraction of sp³-hybridized carbons (Fsp3) is 0.318. The number of carbonyl (C=O) groups is 1. The van der Waals surface area contributed by atoms with Crippen LogP contribution in [-0.4, -0.2) is 57.0 Å². The highest BCUT2D eigenvalue weighted by Gasteiger charge is 2.22. The number of ether oxygens (including phenoxy) is 1.